The third kappa shape index (κ3) is 3.26. The molecule has 1 aliphatic heterocycles. The number of likely N-dealkylation sites (tertiary alicyclic amines) is 1. The number of ether oxygens (including phenoxy) is 1. The van der Waals surface area contributed by atoms with E-state index in [1.54, 1.807) is 7.11 Å². The third-order valence-corrected chi connectivity index (χ3v) is 3.81. The minimum Gasteiger partial charge on any atom is -0.497 e. The van der Waals surface area contributed by atoms with Crippen LogP contribution < -0.4 is 10.5 Å². The van der Waals surface area contributed by atoms with Crippen LogP contribution in [0.5, 0.6) is 5.75 Å². The van der Waals surface area contributed by atoms with Gasteiger partial charge in [0.25, 0.3) is 0 Å². The molecule has 1 aromatic rings. The topological polar surface area (TPSA) is 58.7 Å². The van der Waals surface area contributed by atoms with Crippen molar-refractivity contribution in [2.45, 2.75) is 38.0 Å². The van der Waals surface area contributed by atoms with E-state index in [1.807, 2.05) is 32.0 Å². The second-order valence-corrected chi connectivity index (χ2v) is 5.80. The SMILES string of the molecule is COc1cccc(C(C(C)N)N2CCC(C)(O)C2)c1. The highest BCUT2D eigenvalue weighted by Gasteiger charge is 2.36. The van der Waals surface area contributed by atoms with Gasteiger partial charge in [0, 0.05) is 25.2 Å². The maximum atomic E-state index is 10.1. The minimum atomic E-state index is -0.605. The van der Waals surface area contributed by atoms with E-state index in [-0.39, 0.29) is 12.1 Å². The average molecular weight is 264 g/mol. The van der Waals surface area contributed by atoms with E-state index in [4.69, 9.17) is 10.5 Å². The molecule has 3 unspecified atom stereocenters. The molecule has 0 spiro atoms. The summed E-state index contributed by atoms with van der Waals surface area (Å²) in [6.07, 6.45) is 0.792. The van der Waals surface area contributed by atoms with E-state index in [0.29, 0.717) is 6.54 Å². The Kier molecular flexibility index (Phi) is 4.13. The van der Waals surface area contributed by atoms with E-state index in [9.17, 15) is 5.11 Å². The van der Waals surface area contributed by atoms with Crippen LogP contribution in [0.2, 0.25) is 0 Å². The lowest BCUT2D eigenvalue weighted by Gasteiger charge is -2.32. The fourth-order valence-corrected chi connectivity index (χ4v) is 2.89. The second kappa shape index (κ2) is 5.49. The van der Waals surface area contributed by atoms with Gasteiger partial charge in [-0.1, -0.05) is 12.1 Å². The molecule has 0 aliphatic carbocycles. The maximum Gasteiger partial charge on any atom is 0.119 e. The smallest absolute Gasteiger partial charge is 0.119 e. The summed E-state index contributed by atoms with van der Waals surface area (Å²) in [6.45, 7) is 5.43. The predicted octanol–water partition coefficient (Wildman–Crippen LogP) is 1.54. The molecule has 0 radical (unpaired) electrons. The molecule has 0 bridgehead atoms. The quantitative estimate of drug-likeness (QED) is 0.866. The molecule has 1 heterocycles. The van der Waals surface area contributed by atoms with Crippen molar-refractivity contribution in [1.82, 2.24) is 4.90 Å². The summed E-state index contributed by atoms with van der Waals surface area (Å²) in [5.41, 5.74) is 6.70. The number of hydrogen-bond donors (Lipinski definition) is 2. The van der Waals surface area contributed by atoms with E-state index in [2.05, 4.69) is 11.0 Å². The van der Waals surface area contributed by atoms with Crippen LogP contribution in [-0.2, 0) is 0 Å². The number of nitrogens with two attached hydrogens (primary N) is 1. The van der Waals surface area contributed by atoms with Gasteiger partial charge < -0.3 is 15.6 Å². The molecule has 3 N–H and O–H groups in total. The van der Waals surface area contributed by atoms with Gasteiger partial charge in [-0.2, -0.15) is 0 Å². The molecule has 1 aromatic carbocycles. The second-order valence-electron chi connectivity index (χ2n) is 5.80. The zero-order valence-electron chi connectivity index (χ0n) is 12.0. The Morgan fingerprint density at radius 1 is 1.47 bits per heavy atom. The summed E-state index contributed by atoms with van der Waals surface area (Å²) in [4.78, 5) is 2.26. The van der Waals surface area contributed by atoms with Crippen molar-refractivity contribution >= 4 is 0 Å². The van der Waals surface area contributed by atoms with Crippen LogP contribution in [0.1, 0.15) is 31.9 Å². The van der Waals surface area contributed by atoms with Gasteiger partial charge in [0.05, 0.1) is 12.7 Å². The Morgan fingerprint density at radius 2 is 2.21 bits per heavy atom. The highest BCUT2D eigenvalue weighted by molar-refractivity contribution is 5.31. The molecule has 2 rings (SSSR count). The van der Waals surface area contributed by atoms with Crippen LogP contribution in [-0.4, -0.2) is 41.8 Å². The molecule has 0 amide bonds. The van der Waals surface area contributed by atoms with Gasteiger partial charge in [-0.25, -0.2) is 0 Å². The Balaban J connectivity index is 2.25. The monoisotopic (exact) mass is 264 g/mol. The van der Waals surface area contributed by atoms with Crippen molar-refractivity contribution in [3.05, 3.63) is 29.8 Å². The zero-order valence-corrected chi connectivity index (χ0v) is 12.0. The van der Waals surface area contributed by atoms with E-state index in [1.165, 1.54) is 0 Å². The fraction of sp³-hybridized carbons (Fsp3) is 0.600. The summed E-state index contributed by atoms with van der Waals surface area (Å²) < 4.78 is 5.28. The van der Waals surface area contributed by atoms with Gasteiger partial charge in [-0.05, 0) is 38.0 Å². The zero-order chi connectivity index (χ0) is 14.0. The Morgan fingerprint density at radius 3 is 2.74 bits per heavy atom. The number of rotatable bonds is 4. The Bertz CT molecular complexity index is 432. The van der Waals surface area contributed by atoms with Crippen molar-refractivity contribution in [2.75, 3.05) is 20.2 Å². The van der Waals surface area contributed by atoms with Crippen molar-refractivity contribution in [3.63, 3.8) is 0 Å². The maximum absolute atomic E-state index is 10.1. The molecule has 1 fully saturated rings. The largest absolute Gasteiger partial charge is 0.497 e. The highest BCUT2D eigenvalue weighted by atomic mass is 16.5. The lowest BCUT2D eigenvalue weighted by Crippen LogP contribution is -2.40. The first-order chi connectivity index (χ1) is 8.93. The molecule has 19 heavy (non-hydrogen) atoms. The summed E-state index contributed by atoms with van der Waals surface area (Å²) in [5, 5.41) is 10.1. The van der Waals surface area contributed by atoms with Gasteiger partial charge in [-0.15, -0.1) is 0 Å². The summed E-state index contributed by atoms with van der Waals surface area (Å²) >= 11 is 0. The van der Waals surface area contributed by atoms with Crippen molar-refractivity contribution in [1.29, 1.82) is 0 Å². The normalized spacial score (nSPS) is 27.2. The first-order valence-corrected chi connectivity index (χ1v) is 6.79. The molecule has 3 atom stereocenters. The standard InChI is InChI=1S/C15H24N2O2/c1-11(16)14(17-8-7-15(2,18)10-17)12-5-4-6-13(9-12)19-3/h4-6,9,11,14,18H,7-8,10,16H2,1-3H3. The molecule has 1 saturated heterocycles. The first kappa shape index (κ1) is 14.3. The Labute approximate surface area is 115 Å². The van der Waals surface area contributed by atoms with Gasteiger partial charge >= 0.3 is 0 Å². The molecule has 0 saturated carbocycles. The lowest BCUT2D eigenvalue weighted by molar-refractivity contribution is 0.0601. The van der Waals surface area contributed by atoms with Crippen molar-refractivity contribution in [3.8, 4) is 5.75 Å². The lowest BCUT2D eigenvalue weighted by atomic mass is 9.99. The molecule has 1 aliphatic rings. The number of methoxy groups -OCH3 is 1. The number of benzene rings is 1. The van der Waals surface area contributed by atoms with E-state index >= 15 is 0 Å². The van der Waals surface area contributed by atoms with Crippen LogP contribution in [0.3, 0.4) is 0 Å². The van der Waals surface area contributed by atoms with Crippen LogP contribution in [0.15, 0.2) is 24.3 Å². The van der Waals surface area contributed by atoms with Crippen LogP contribution in [0.25, 0.3) is 0 Å². The summed E-state index contributed by atoms with van der Waals surface area (Å²) in [7, 11) is 1.67. The fourth-order valence-electron chi connectivity index (χ4n) is 2.89. The molecule has 106 valence electrons. The van der Waals surface area contributed by atoms with E-state index < -0.39 is 5.60 Å². The summed E-state index contributed by atoms with van der Waals surface area (Å²) in [6, 6.07) is 8.13. The first-order valence-electron chi connectivity index (χ1n) is 6.79. The predicted molar refractivity (Wildman–Crippen MR) is 76.2 cm³/mol. The average Bonchev–Trinajstić information content (AvgIpc) is 2.69. The van der Waals surface area contributed by atoms with Gasteiger partial charge in [-0.3, -0.25) is 4.90 Å². The van der Waals surface area contributed by atoms with Crippen molar-refractivity contribution in [2.24, 2.45) is 5.73 Å². The van der Waals surface area contributed by atoms with Crippen LogP contribution in [0, 0.1) is 0 Å². The molecular formula is C15H24N2O2. The Hall–Kier alpha value is -1.10. The number of aliphatic hydroxyl groups is 1. The molecule has 4 heteroatoms. The van der Waals surface area contributed by atoms with Crippen LogP contribution >= 0.6 is 0 Å². The molecule has 0 aromatic heterocycles. The number of β-amino-alcohol motifs (C(OH)–C–C–N with tert-alkyl or cyclic N) is 1. The highest BCUT2D eigenvalue weighted by Crippen LogP contribution is 2.32. The van der Waals surface area contributed by atoms with Gasteiger partial charge in [0.1, 0.15) is 5.75 Å². The molecule has 4 nitrogen and oxygen atoms in total. The number of nitrogens with zero attached hydrogens (tertiary/aromatic N) is 1. The number of hydrogen-bond acceptors (Lipinski definition) is 4. The molecular weight excluding hydrogens is 240 g/mol. The van der Waals surface area contributed by atoms with Gasteiger partial charge in [0.2, 0.25) is 0 Å². The van der Waals surface area contributed by atoms with Crippen LogP contribution in [0.4, 0.5) is 0 Å². The van der Waals surface area contributed by atoms with Crippen molar-refractivity contribution < 1.29 is 9.84 Å². The summed E-state index contributed by atoms with van der Waals surface area (Å²) in [5.74, 6) is 0.842. The van der Waals surface area contributed by atoms with Gasteiger partial charge in [0.15, 0.2) is 0 Å². The minimum absolute atomic E-state index is 0.000932. The third-order valence-electron chi connectivity index (χ3n) is 3.81. The van der Waals surface area contributed by atoms with E-state index in [0.717, 1.165) is 24.3 Å².